The average molecular weight is 356 g/mol. The number of carboxylic acid groups (broad SMARTS) is 1. The highest BCUT2D eigenvalue weighted by Gasteiger charge is 2.23. The van der Waals surface area contributed by atoms with E-state index in [-0.39, 0.29) is 6.54 Å². The van der Waals surface area contributed by atoms with E-state index in [4.69, 9.17) is 5.11 Å². The van der Waals surface area contributed by atoms with Gasteiger partial charge in [-0.15, -0.1) is 0 Å². The van der Waals surface area contributed by atoms with Gasteiger partial charge in [-0.2, -0.15) is 0 Å². The molecule has 2 N–H and O–H groups in total. The fraction of sp³-hybridized carbons (Fsp3) is 0.421. The Morgan fingerprint density at radius 2 is 1.92 bits per heavy atom. The normalized spacial score (nSPS) is 17.3. The summed E-state index contributed by atoms with van der Waals surface area (Å²) in [4.78, 5) is 23.2. The lowest BCUT2D eigenvalue weighted by atomic mass is 9.99. The molecule has 1 aliphatic heterocycles. The van der Waals surface area contributed by atoms with E-state index in [1.165, 1.54) is 10.5 Å². The van der Waals surface area contributed by atoms with E-state index in [2.05, 4.69) is 14.9 Å². The van der Waals surface area contributed by atoms with Gasteiger partial charge in [0.05, 0.1) is 0 Å². The first-order chi connectivity index (χ1) is 12.5. The van der Waals surface area contributed by atoms with E-state index >= 15 is 0 Å². The molecule has 0 amide bonds. The van der Waals surface area contributed by atoms with E-state index in [0.717, 1.165) is 38.0 Å². The van der Waals surface area contributed by atoms with Gasteiger partial charge < -0.3 is 15.1 Å². The van der Waals surface area contributed by atoms with Crippen molar-refractivity contribution in [3.8, 4) is 5.75 Å². The maximum absolute atomic E-state index is 10.7. The van der Waals surface area contributed by atoms with Gasteiger partial charge >= 0.3 is 5.97 Å². The molecule has 0 spiro atoms. The topological polar surface area (TPSA) is 89.8 Å². The van der Waals surface area contributed by atoms with E-state index < -0.39 is 5.97 Å². The van der Waals surface area contributed by atoms with E-state index in [1.807, 2.05) is 12.1 Å². The molecule has 0 bridgehead atoms. The molecule has 138 valence electrons. The van der Waals surface area contributed by atoms with Gasteiger partial charge in [0, 0.05) is 38.1 Å². The van der Waals surface area contributed by atoms with Crippen molar-refractivity contribution >= 4 is 11.9 Å². The lowest BCUT2D eigenvalue weighted by molar-refractivity contribution is -0.135. The molecule has 1 aromatic heterocycles. The van der Waals surface area contributed by atoms with Crippen LogP contribution in [0.25, 0.3) is 0 Å². The average Bonchev–Trinajstić information content (AvgIpc) is 3.04. The van der Waals surface area contributed by atoms with Crippen molar-refractivity contribution in [1.82, 2.24) is 14.9 Å². The minimum atomic E-state index is -0.906. The predicted molar refractivity (Wildman–Crippen MR) is 98.1 cm³/mol. The Bertz CT molecular complexity index is 733. The number of carbonyl (C=O) groups is 1. The number of benzene rings is 1. The molecule has 1 aliphatic rings. The number of anilines is 1. The minimum Gasteiger partial charge on any atom is -0.508 e. The molecule has 1 fully saturated rings. The van der Waals surface area contributed by atoms with Crippen LogP contribution in [-0.4, -0.2) is 57.7 Å². The Hall–Kier alpha value is -2.67. The first kappa shape index (κ1) is 18.1. The highest BCUT2D eigenvalue weighted by Crippen LogP contribution is 2.23. The number of aliphatic carboxylic acids is 1. The molecule has 1 saturated heterocycles. The van der Waals surface area contributed by atoms with Crippen molar-refractivity contribution in [2.24, 2.45) is 5.92 Å². The smallest absolute Gasteiger partial charge is 0.323 e. The molecule has 0 radical (unpaired) electrons. The number of phenols is 1. The number of hydrogen-bond donors (Lipinski definition) is 2. The minimum absolute atomic E-state index is 0.121. The lowest BCUT2D eigenvalue weighted by Gasteiger charge is -2.17. The van der Waals surface area contributed by atoms with E-state index in [9.17, 15) is 9.90 Å². The second-order valence-corrected chi connectivity index (χ2v) is 6.90. The molecule has 3 rings (SSSR count). The van der Waals surface area contributed by atoms with Crippen molar-refractivity contribution < 1.29 is 15.0 Å². The van der Waals surface area contributed by atoms with Crippen LogP contribution >= 0.6 is 0 Å². The zero-order valence-corrected chi connectivity index (χ0v) is 14.9. The Labute approximate surface area is 152 Å². The number of carboxylic acids is 1. The summed E-state index contributed by atoms with van der Waals surface area (Å²) >= 11 is 0. The molecule has 2 heterocycles. The van der Waals surface area contributed by atoms with E-state index in [0.29, 0.717) is 17.6 Å². The Morgan fingerprint density at radius 1 is 1.23 bits per heavy atom. The van der Waals surface area contributed by atoms with Crippen LogP contribution in [0.3, 0.4) is 0 Å². The highest BCUT2D eigenvalue weighted by molar-refractivity contribution is 5.72. The third-order valence-electron chi connectivity index (χ3n) is 4.64. The summed E-state index contributed by atoms with van der Waals surface area (Å²) in [5, 5.41) is 18.2. The number of likely N-dealkylation sites (tertiary alicyclic amines) is 1. The van der Waals surface area contributed by atoms with Crippen LogP contribution in [-0.2, 0) is 17.8 Å². The van der Waals surface area contributed by atoms with Gasteiger partial charge in [0.1, 0.15) is 12.3 Å². The SMILES string of the molecule is CN(CC(=O)O)c1ncc(CN2CCC(Cc3ccc(O)cc3)C2)cn1. The van der Waals surface area contributed by atoms with Crippen LogP contribution in [0.5, 0.6) is 5.75 Å². The predicted octanol–water partition coefficient (Wildman–Crippen LogP) is 1.77. The molecule has 0 aliphatic carbocycles. The number of nitrogens with zero attached hydrogens (tertiary/aromatic N) is 4. The molecule has 7 nitrogen and oxygen atoms in total. The second-order valence-electron chi connectivity index (χ2n) is 6.90. The highest BCUT2D eigenvalue weighted by atomic mass is 16.4. The van der Waals surface area contributed by atoms with Crippen molar-refractivity contribution in [1.29, 1.82) is 0 Å². The van der Waals surface area contributed by atoms with Gasteiger partial charge in [0.15, 0.2) is 0 Å². The van der Waals surface area contributed by atoms with Gasteiger partial charge in [0.25, 0.3) is 0 Å². The summed E-state index contributed by atoms with van der Waals surface area (Å²) in [5.41, 5.74) is 2.28. The lowest BCUT2D eigenvalue weighted by Crippen LogP contribution is -2.27. The zero-order valence-electron chi connectivity index (χ0n) is 14.9. The Balaban J connectivity index is 1.50. The zero-order chi connectivity index (χ0) is 18.5. The van der Waals surface area contributed by atoms with Gasteiger partial charge in [-0.1, -0.05) is 12.1 Å². The molecule has 1 unspecified atom stereocenters. The standard InChI is InChI=1S/C19H24N4O3/c1-22(13-18(25)26)19-20-9-16(10-21-19)12-23-7-6-15(11-23)8-14-2-4-17(24)5-3-14/h2-5,9-10,15,24H,6-8,11-13H2,1H3,(H,25,26). The molecule has 2 aromatic rings. The Morgan fingerprint density at radius 3 is 2.58 bits per heavy atom. The van der Waals surface area contributed by atoms with Crippen molar-refractivity contribution in [2.75, 3.05) is 31.6 Å². The number of likely N-dealkylation sites (N-methyl/N-ethyl adjacent to an activating group) is 1. The first-order valence-corrected chi connectivity index (χ1v) is 8.73. The van der Waals surface area contributed by atoms with Crippen LogP contribution in [0.1, 0.15) is 17.5 Å². The fourth-order valence-electron chi connectivity index (χ4n) is 3.35. The summed E-state index contributed by atoms with van der Waals surface area (Å²) < 4.78 is 0. The number of aromatic hydroxyl groups is 1. The summed E-state index contributed by atoms with van der Waals surface area (Å²) in [6.07, 6.45) is 5.72. The molecular weight excluding hydrogens is 332 g/mol. The maximum Gasteiger partial charge on any atom is 0.323 e. The third kappa shape index (κ3) is 4.92. The summed E-state index contributed by atoms with van der Waals surface area (Å²) in [7, 11) is 1.66. The molecule has 7 heteroatoms. The van der Waals surface area contributed by atoms with Crippen LogP contribution < -0.4 is 4.90 Å². The van der Waals surface area contributed by atoms with Gasteiger partial charge in [-0.3, -0.25) is 9.69 Å². The monoisotopic (exact) mass is 356 g/mol. The number of phenolic OH excluding ortho intramolecular Hbond substituents is 1. The number of aromatic nitrogens is 2. The van der Waals surface area contributed by atoms with Crippen LogP contribution in [0.2, 0.25) is 0 Å². The van der Waals surface area contributed by atoms with Crippen LogP contribution in [0.15, 0.2) is 36.7 Å². The van der Waals surface area contributed by atoms with Gasteiger partial charge in [0.2, 0.25) is 5.95 Å². The number of rotatable bonds is 7. The molecule has 26 heavy (non-hydrogen) atoms. The Kier molecular flexibility index (Phi) is 5.68. The third-order valence-corrected chi connectivity index (χ3v) is 4.64. The van der Waals surface area contributed by atoms with E-state index in [1.54, 1.807) is 31.6 Å². The van der Waals surface area contributed by atoms with Crippen molar-refractivity contribution in [3.63, 3.8) is 0 Å². The summed E-state index contributed by atoms with van der Waals surface area (Å²) in [6, 6.07) is 7.45. The second kappa shape index (κ2) is 8.14. The van der Waals surface area contributed by atoms with Crippen molar-refractivity contribution in [3.05, 3.63) is 47.8 Å². The number of hydrogen-bond acceptors (Lipinski definition) is 6. The first-order valence-electron chi connectivity index (χ1n) is 8.73. The van der Waals surface area contributed by atoms with Gasteiger partial charge in [-0.25, -0.2) is 9.97 Å². The fourth-order valence-corrected chi connectivity index (χ4v) is 3.35. The summed E-state index contributed by atoms with van der Waals surface area (Å²) in [5.74, 6) is 0.431. The molecule has 1 atom stereocenters. The van der Waals surface area contributed by atoms with Crippen LogP contribution in [0.4, 0.5) is 5.95 Å². The van der Waals surface area contributed by atoms with Crippen LogP contribution in [0, 0.1) is 5.92 Å². The largest absolute Gasteiger partial charge is 0.508 e. The summed E-state index contributed by atoms with van der Waals surface area (Å²) in [6.45, 7) is 2.75. The molecule has 1 aromatic carbocycles. The quantitative estimate of drug-likeness (QED) is 0.781. The molecular formula is C19H24N4O3. The maximum atomic E-state index is 10.7. The van der Waals surface area contributed by atoms with Gasteiger partial charge in [-0.05, 0) is 43.0 Å². The van der Waals surface area contributed by atoms with Crippen molar-refractivity contribution in [2.45, 2.75) is 19.4 Å². The molecule has 0 saturated carbocycles.